The molecule has 0 spiro atoms. The van der Waals surface area contributed by atoms with Gasteiger partial charge in [0.1, 0.15) is 0 Å². The Morgan fingerprint density at radius 1 is 1.20 bits per heavy atom. The fourth-order valence-electron chi connectivity index (χ4n) is 1.56. The lowest BCUT2D eigenvalue weighted by Crippen LogP contribution is -2.29. The Bertz CT molecular complexity index is 449. The SMILES string of the molecule is C=C=CCN1C(=O)c2ccccc2C1=O. The van der Waals surface area contributed by atoms with Crippen molar-refractivity contribution >= 4 is 11.8 Å². The number of benzene rings is 1. The molecule has 3 heteroatoms. The summed E-state index contributed by atoms with van der Waals surface area (Å²) < 4.78 is 0. The van der Waals surface area contributed by atoms with Gasteiger partial charge >= 0.3 is 0 Å². The van der Waals surface area contributed by atoms with Crippen molar-refractivity contribution in [3.8, 4) is 0 Å². The summed E-state index contributed by atoms with van der Waals surface area (Å²) in [5, 5.41) is 0. The van der Waals surface area contributed by atoms with Gasteiger partial charge in [-0.05, 0) is 18.2 Å². The Morgan fingerprint density at radius 3 is 2.20 bits per heavy atom. The Labute approximate surface area is 87.3 Å². The average molecular weight is 199 g/mol. The van der Waals surface area contributed by atoms with E-state index >= 15 is 0 Å². The van der Waals surface area contributed by atoms with Crippen LogP contribution < -0.4 is 0 Å². The summed E-state index contributed by atoms with van der Waals surface area (Å²) in [6.07, 6.45) is 1.56. The molecular weight excluding hydrogens is 190 g/mol. The predicted octanol–water partition coefficient (Wildman–Crippen LogP) is 1.62. The molecule has 0 fully saturated rings. The van der Waals surface area contributed by atoms with Gasteiger partial charge in [-0.1, -0.05) is 18.7 Å². The van der Waals surface area contributed by atoms with Gasteiger partial charge in [-0.3, -0.25) is 14.5 Å². The molecule has 74 valence electrons. The number of hydrogen-bond acceptors (Lipinski definition) is 2. The van der Waals surface area contributed by atoms with Crippen LogP contribution >= 0.6 is 0 Å². The lowest BCUT2D eigenvalue weighted by atomic mass is 10.1. The van der Waals surface area contributed by atoms with Crippen LogP contribution in [0.2, 0.25) is 0 Å². The van der Waals surface area contributed by atoms with Gasteiger partial charge in [-0.25, -0.2) is 0 Å². The summed E-state index contributed by atoms with van der Waals surface area (Å²) in [6, 6.07) is 6.81. The van der Waals surface area contributed by atoms with E-state index in [1.807, 2.05) is 0 Å². The van der Waals surface area contributed by atoms with E-state index in [-0.39, 0.29) is 18.4 Å². The maximum atomic E-state index is 11.7. The van der Waals surface area contributed by atoms with Gasteiger partial charge in [0.15, 0.2) is 0 Å². The van der Waals surface area contributed by atoms with Gasteiger partial charge in [0.25, 0.3) is 11.8 Å². The smallest absolute Gasteiger partial charge is 0.261 e. The Kier molecular flexibility index (Phi) is 2.24. The second-order valence-electron chi connectivity index (χ2n) is 3.17. The maximum absolute atomic E-state index is 11.7. The first-order chi connectivity index (χ1) is 7.25. The highest BCUT2D eigenvalue weighted by Gasteiger charge is 2.33. The third kappa shape index (κ3) is 1.39. The zero-order valence-corrected chi connectivity index (χ0v) is 8.06. The minimum absolute atomic E-state index is 0.232. The summed E-state index contributed by atoms with van der Waals surface area (Å²) >= 11 is 0. The molecule has 1 heterocycles. The molecule has 1 aromatic carbocycles. The first-order valence-electron chi connectivity index (χ1n) is 4.55. The van der Waals surface area contributed by atoms with E-state index in [0.717, 1.165) is 0 Å². The molecule has 0 radical (unpaired) electrons. The minimum Gasteiger partial charge on any atom is -0.270 e. The highest BCUT2D eigenvalue weighted by atomic mass is 16.2. The molecule has 0 saturated carbocycles. The van der Waals surface area contributed by atoms with Crippen molar-refractivity contribution in [3.63, 3.8) is 0 Å². The minimum atomic E-state index is -0.248. The van der Waals surface area contributed by atoms with Crippen LogP contribution in [0.3, 0.4) is 0 Å². The summed E-state index contributed by atoms with van der Waals surface area (Å²) in [6.45, 7) is 3.62. The number of fused-ring (bicyclic) bond motifs is 1. The van der Waals surface area contributed by atoms with E-state index in [4.69, 9.17) is 0 Å². The second-order valence-corrected chi connectivity index (χ2v) is 3.17. The van der Waals surface area contributed by atoms with E-state index in [1.54, 1.807) is 30.3 Å². The number of amides is 2. The molecule has 0 bridgehead atoms. The van der Waals surface area contributed by atoms with Crippen molar-refractivity contribution in [2.75, 3.05) is 6.54 Å². The Hall–Kier alpha value is -2.12. The second kappa shape index (κ2) is 3.56. The molecule has 0 unspecified atom stereocenters. The van der Waals surface area contributed by atoms with Crippen molar-refractivity contribution in [3.05, 3.63) is 53.8 Å². The van der Waals surface area contributed by atoms with Crippen LogP contribution in [0, 0.1) is 0 Å². The highest BCUT2D eigenvalue weighted by molar-refractivity contribution is 6.21. The molecular formula is C12H9NO2. The van der Waals surface area contributed by atoms with E-state index < -0.39 is 0 Å². The van der Waals surface area contributed by atoms with Crippen LogP contribution in [0.1, 0.15) is 20.7 Å². The molecule has 2 amide bonds. The van der Waals surface area contributed by atoms with Crippen molar-refractivity contribution in [2.24, 2.45) is 0 Å². The van der Waals surface area contributed by atoms with E-state index in [1.165, 1.54) is 4.90 Å². The number of imide groups is 1. The van der Waals surface area contributed by atoms with Crippen molar-refractivity contribution in [1.29, 1.82) is 0 Å². The molecule has 0 atom stereocenters. The molecule has 15 heavy (non-hydrogen) atoms. The zero-order valence-electron chi connectivity index (χ0n) is 8.06. The quantitative estimate of drug-likeness (QED) is 0.536. The third-order valence-electron chi connectivity index (χ3n) is 2.30. The number of rotatable bonds is 2. The highest BCUT2D eigenvalue weighted by Crippen LogP contribution is 2.21. The van der Waals surface area contributed by atoms with Crippen LogP contribution in [0.15, 0.2) is 42.7 Å². The van der Waals surface area contributed by atoms with Crippen molar-refractivity contribution in [2.45, 2.75) is 0 Å². The van der Waals surface area contributed by atoms with Crippen molar-refractivity contribution in [1.82, 2.24) is 4.90 Å². The molecule has 1 aromatic rings. The summed E-state index contributed by atoms with van der Waals surface area (Å²) in [5.41, 5.74) is 3.49. The van der Waals surface area contributed by atoms with Gasteiger partial charge in [-0.15, -0.1) is 5.73 Å². The molecule has 2 rings (SSSR count). The fourth-order valence-corrected chi connectivity index (χ4v) is 1.56. The molecule has 1 aliphatic rings. The first-order valence-corrected chi connectivity index (χ1v) is 4.55. The average Bonchev–Trinajstić information content (AvgIpc) is 2.51. The largest absolute Gasteiger partial charge is 0.270 e. The van der Waals surface area contributed by atoms with Crippen LogP contribution in [-0.2, 0) is 0 Å². The van der Waals surface area contributed by atoms with Crippen molar-refractivity contribution < 1.29 is 9.59 Å². The predicted molar refractivity (Wildman–Crippen MR) is 55.5 cm³/mol. The molecule has 3 nitrogen and oxygen atoms in total. The fraction of sp³-hybridized carbons (Fsp3) is 0.0833. The van der Waals surface area contributed by atoms with Crippen LogP contribution in [0.5, 0.6) is 0 Å². The number of nitrogens with zero attached hydrogens (tertiary/aromatic N) is 1. The van der Waals surface area contributed by atoms with E-state index in [2.05, 4.69) is 12.3 Å². The zero-order chi connectivity index (χ0) is 10.8. The van der Waals surface area contributed by atoms with Gasteiger partial charge in [-0.2, -0.15) is 0 Å². The van der Waals surface area contributed by atoms with Crippen LogP contribution in [-0.4, -0.2) is 23.3 Å². The lowest BCUT2D eigenvalue weighted by Gasteiger charge is -2.09. The summed E-state index contributed by atoms with van der Waals surface area (Å²) in [4.78, 5) is 24.7. The monoisotopic (exact) mass is 199 g/mol. The lowest BCUT2D eigenvalue weighted by molar-refractivity contribution is 0.0672. The Morgan fingerprint density at radius 2 is 1.73 bits per heavy atom. The normalized spacial score (nSPS) is 13.7. The number of carbonyl (C=O) groups excluding carboxylic acids is 2. The summed E-state index contributed by atoms with van der Waals surface area (Å²) in [7, 11) is 0. The van der Waals surface area contributed by atoms with Gasteiger partial charge in [0.2, 0.25) is 0 Å². The van der Waals surface area contributed by atoms with Gasteiger partial charge in [0.05, 0.1) is 17.7 Å². The summed E-state index contributed by atoms with van der Waals surface area (Å²) in [5.74, 6) is -0.496. The topological polar surface area (TPSA) is 37.4 Å². The molecule has 1 aliphatic heterocycles. The molecule has 0 aromatic heterocycles. The molecule has 0 N–H and O–H groups in total. The number of carbonyl (C=O) groups is 2. The van der Waals surface area contributed by atoms with Gasteiger partial charge < -0.3 is 0 Å². The van der Waals surface area contributed by atoms with Gasteiger partial charge in [0, 0.05) is 0 Å². The van der Waals surface area contributed by atoms with E-state index in [9.17, 15) is 9.59 Å². The van der Waals surface area contributed by atoms with Crippen LogP contribution in [0.4, 0.5) is 0 Å². The first kappa shape index (κ1) is 9.44. The standard InChI is InChI=1S/C12H9NO2/c1-2-3-8-13-11(14)9-6-4-5-7-10(9)12(13)15/h3-7H,1,8H2. The molecule has 0 saturated heterocycles. The third-order valence-corrected chi connectivity index (χ3v) is 2.30. The maximum Gasteiger partial charge on any atom is 0.261 e. The number of hydrogen-bond donors (Lipinski definition) is 0. The van der Waals surface area contributed by atoms with E-state index in [0.29, 0.717) is 11.1 Å². The van der Waals surface area contributed by atoms with Crippen LogP contribution in [0.25, 0.3) is 0 Å². The Balaban J connectivity index is 2.41. The molecule has 0 aliphatic carbocycles.